The minimum atomic E-state index is -3.39. The topological polar surface area (TPSA) is 92.3 Å². The Morgan fingerprint density at radius 2 is 2.17 bits per heavy atom. The molecule has 0 bridgehead atoms. The first-order chi connectivity index (χ1) is 11.3. The molecular weight excluding hydrogens is 348 g/mol. The zero-order valence-electron chi connectivity index (χ0n) is 13.4. The normalized spacial score (nSPS) is 18.7. The highest BCUT2D eigenvalue weighted by molar-refractivity contribution is 7.88. The maximum absolute atomic E-state index is 12.4. The van der Waals surface area contributed by atoms with Crippen molar-refractivity contribution in [3.8, 4) is 10.6 Å². The SMILES string of the molecule is Cc1cccc(-c2nnc(NC(=O)C3CCCN3S(C)(=O)=O)s2)c1. The van der Waals surface area contributed by atoms with E-state index >= 15 is 0 Å². The van der Waals surface area contributed by atoms with E-state index in [0.29, 0.717) is 29.5 Å². The van der Waals surface area contributed by atoms with Crippen LogP contribution in [0.1, 0.15) is 18.4 Å². The van der Waals surface area contributed by atoms with Crippen molar-refractivity contribution in [3.05, 3.63) is 29.8 Å². The fourth-order valence-electron chi connectivity index (χ4n) is 2.76. The molecule has 0 radical (unpaired) electrons. The van der Waals surface area contributed by atoms with Crippen LogP contribution in [0.3, 0.4) is 0 Å². The first-order valence-corrected chi connectivity index (χ1v) is 10.2. The average molecular weight is 366 g/mol. The van der Waals surface area contributed by atoms with Crippen LogP contribution >= 0.6 is 11.3 Å². The summed E-state index contributed by atoms with van der Waals surface area (Å²) in [5.74, 6) is -0.357. The van der Waals surface area contributed by atoms with Crippen LogP contribution in [0.15, 0.2) is 24.3 Å². The smallest absolute Gasteiger partial charge is 0.244 e. The third-order valence-electron chi connectivity index (χ3n) is 3.85. The Morgan fingerprint density at radius 1 is 1.38 bits per heavy atom. The third kappa shape index (κ3) is 3.63. The fraction of sp³-hybridized carbons (Fsp3) is 0.400. The minimum absolute atomic E-state index is 0.357. The standard InChI is InChI=1S/C15H18N4O3S2/c1-10-5-3-6-11(9-10)14-17-18-15(23-14)16-13(20)12-7-4-8-19(12)24(2,21)22/h3,5-6,9,12H,4,7-8H2,1-2H3,(H,16,18,20). The molecule has 1 fully saturated rings. The molecule has 1 amide bonds. The fourth-order valence-corrected chi connectivity index (χ4v) is 4.62. The summed E-state index contributed by atoms with van der Waals surface area (Å²) in [6.07, 6.45) is 2.32. The van der Waals surface area contributed by atoms with E-state index in [1.807, 2.05) is 31.2 Å². The highest BCUT2D eigenvalue weighted by Crippen LogP contribution is 2.28. The number of hydrogen-bond acceptors (Lipinski definition) is 6. The first kappa shape index (κ1) is 17.0. The van der Waals surface area contributed by atoms with Gasteiger partial charge in [0.05, 0.1) is 6.26 Å². The van der Waals surface area contributed by atoms with E-state index < -0.39 is 16.1 Å². The molecule has 2 heterocycles. The second-order valence-electron chi connectivity index (χ2n) is 5.80. The summed E-state index contributed by atoms with van der Waals surface area (Å²) in [7, 11) is -3.39. The van der Waals surface area contributed by atoms with Gasteiger partial charge in [0.15, 0.2) is 0 Å². The Hall–Kier alpha value is -1.84. The number of aryl methyl sites for hydroxylation is 1. The van der Waals surface area contributed by atoms with Crippen LogP contribution in [0.4, 0.5) is 5.13 Å². The van der Waals surface area contributed by atoms with E-state index in [2.05, 4.69) is 15.5 Å². The Bertz CT molecular complexity index is 863. The zero-order chi connectivity index (χ0) is 17.3. The number of aromatic nitrogens is 2. The van der Waals surface area contributed by atoms with Gasteiger partial charge in [-0.15, -0.1) is 10.2 Å². The number of anilines is 1. The highest BCUT2D eigenvalue weighted by Gasteiger charge is 2.36. The lowest BCUT2D eigenvalue weighted by Gasteiger charge is -2.20. The van der Waals surface area contributed by atoms with Crippen LogP contribution in [0.5, 0.6) is 0 Å². The van der Waals surface area contributed by atoms with Crippen LogP contribution in [0.2, 0.25) is 0 Å². The van der Waals surface area contributed by atoms with Crippen LogP contribution < -0.4 is 5.32 Å². The van der Waals surface area contributed by atoms with E-state index in [0.717, 1.165) is 17.4 Å². The number of nitrogens with zero attached hydrogens (tertiary/aromatic N) is 3. The van der Waals surface area contributed by atoms with Gasteiger partial charge >= 0.3 is 0 Å². The van der Waals surface area contributed by atoms with Gasteiger partial charge in [0, 0.05) is 12.1 Å². The molecule has 128 valence electrons. The molecule has 1 saturated heterocycles. The number of benzene rings is 1. The molecule has 1 unspecified atom stereocenters. The maximum atomic E-state index is 12.4. The lowest BCUT2D eigenvalue weighted by atomic mass is 10.1. The average Bonchev–Trinajstić information content (AvgIpc) is 3.15. The largest absolute Gasteiger partial charge is 0.299 e. The molecule has 1 N–H and O–H groups in total. The summed E-state index contributed by atoms with van der Waals surface area (Å²) in [5, 5.41) is 11.9. The lowest BCUT2D eigenvalue weighted by Crippen LogP contribution is -2.42. The molecule has 24 heavy (non-hydrogen) atoms. The van der Waals surface area contributed by atoms with Crippen LogP contribution in [0, 0.1) is 6.92 Å². The quantitative estimate of drug-likeness (QED) is 0.892. The molecule has 1 aliphatic rings. The number of sulfonamides is 1. The molecule has 1 atom stereocenters. The molecular formula is C15H18N4O3S2. The number of rotatable bonds is 4. The van der Waals surface area contributed by atoms with E-state index in [9.17, 15) is 13.2 Å². The summed E-state index contributed by atoms with van der Waals surface area (Å²) < 4.78 is 24.7. The second kappa shape index (κ2) is 6.58. The van der Waals surface area contributed by atoms with Crippen molar-refractivity contribution >= 4 is 32.4 Å². The van der Waals surface area contributed by atoms with Gasteiger partial charge in [-0.2, -0.15) is 4.31 Å². The number of amides is 1. The molecule has 1 aliphatic heterocycles. The van der Waals surface area contributed by atoms with Crippen LogP contribution in [-0.2, 0) is 14.8 Å². The Labute approximate surface area is 144 Å². The Morgan fingerprint density at radius 3 is 2.88 bits per heavy atom. The van der Waals surface area contributed by atoms with Crippen molar-refractivity contribution in [2.45, 2.75) is 25.8 Å². The predicted octanol–water partition coefficient (Wildman–Crippen LogP) is 1.88. The molecule has 9 heteroatoms. The first-order valence-electron chi connectivity index (χ1n) is 7.53. The van der Waals surface area contributed by atoms with Crippen molar-refractivity contribution in [1.82, 2.24) is 14.5 Å². The zero-order valence-corrected chi connectivity index (χ0v) is 15.0. The number of carbonyl (C=O) groups excluding carboxylic acids is 1. The summed E-state index contributed by atoms with van der Waals surface area (Å²) in [6.45, 7) is 2.37. The van der Waals surface area contributed by atoms with Gasteiger partial charge in [-0.1, -0.05) is 35.1 Å². The van der Waals surface area contributed by atoms with E-state index in [4.69, 9.17) is 0 Å². The molecule has 7 nitrogen and oxygen atoms in total. The highest BCUT2D eigenvalue weighted by atomic mass is 32.2. The van der Waals surface area contributed by atoms with Crippen molar-refractivity contribution in [1.29, 1.82) is 0 Å². The minimum Gasteiger partial charge on any atom is -0.299 e. The molecule has 2 aromatic rings. The molecule has 1 aromatic carbocycles. The van der Waals surface area contributed by atoms with Gasteiger partial charge in [0.2, 0.25) is 21.1 Å². The maximum Gasteiger partial charge on any atom is 0.244 e. The Kier molecular flexibility index (Phi) is 4.66. The van der Waals surface area contributed by atoms with Crippen molar-refractivity contribution in [2.75, 3.05) is 18.1 Å². The second-order valence-corrected chi connectivity index (χ2v) is 8.72. The summed E-state index contributed by atoms with van der Waals surface area (Å²) in [6, 6.07) is 7.18. The number of nitrogens with one attached hydrogen (secondary N) is 1. The molecule has 3 rings (SSSR count). The van der Waals surface area contributed by atoms with Crippen molar-refractivity contribution in [3.63, 3.8) is 0 Å². The van der Waals surface area contributed by atoms with Gasteiger partial charge in [0.25, 0.3) is 0 Å². The lowest BCUT2D eigenvalue weighted by molar-refractivity contribution is -0.119. The molecule has 1 aromatic heterocycles. The molecule has 0 aliphatic carbocycles. The van der Waals surface area contributed by atoms with E-state index in [1.165, 1.54) is 15.6 Å². The number of carbonyl (C=O) groups is 1. The van der Waals surface area contributed by atoms with Crippen molar-refractivity contribution in [2.24, 2.45) is 0 Å². The van der Waals surface area contributed by atoms with Crippen molar-refractivity contribution < 1.29 is 13.2 Å². The molecule has 0 spiro atoms. The Balaban J connectivity index is 1.74. The van der Waals surface area contributed by atoms with Gasteiger partial charge in [-0.05, 0) is 25.8 Å². The monoisotopic (exact) mass is 366 g/mol. The van der Waals surface area contributed by atoms with Gasteiger partial charge in [-0.25, -0.2) is 8.42 Å². The van der Waals surface area contributed by atoms with Crippen LogP contribution in [0.25, 0.3) is 10.6 Å². The van der Waals surface area contributed by atoms with Gasteiger partial charge in [0.1, 0.15) is 11.0 Å². The van der Waals surface area contributed by atoms with Gasteiger partial charge < -0.3 is 0 Å². The summed E-state index contributed by atoms with van der Waals surface area (Å²) >= 11 is 1.27. The third-order valence-corrected chi connectivity index (χ3v) is 6.03. The number of hydrogen-bond donors (Lipinski definition) is 1. The predicted molar refractivity (Wildman–Crippen MR) is 93.3 cm³/mol. The summed E-state index contributed by atoms with van der Waals surface area (Å²) in [4.78, 5) is 12.4. The van der Waals surface area contributed by atoms with Gasteiger partial charge in [-0.3, -0.25) is 10.1 Å². The summed E-state index contributed by atoms with van der Waals surface area (Å²) in [5.41, 5.74) is 2.05. The molecule has 0 saturated carbocycles. The van der Waals surface area contributed by atoms with Crippen LogP contribution in [-0.4, -0.2) is 47.7 Å². The van der Waals surface area contributed by atoms with E-state index in [1.54, 1.807) is 0 Å². The van der Waals surface area contributed by atoms with E-state index in [-0.39, 0.29) is 5.91 Å².